The van der Waals surface area contributed by atoms with Crippen molar-refractivity contribution in [3.05, 3.63) is 67.8 Å². The van der Waals surface area contributed by atoms with Gasteiger partial charge in [0, 0.05) is 17.2 Å². The summed E-state index contributed by atoms with van der Waals surface area (Å²) in [5.41, 5.74) is 5.26. The Kier molecular flexibility index (Phi) is 10.2. The van der Waals surface area contributed by atoms with Gasteiger partial charge in [-0.05, 0) is 31.0 Å². The topological polar surface area (TPSA) is 233 Å². The van der Waals surface area contributed by atoms with Gasteiger partial charge in [0.15, 0.2) is 18.0 Å². The maximum absolute atomic E-state index is 12.5. The Morgan fingerprint density at radius 1 is 1.33 bits per heavy atom. The van der Waals surface area contributed by atoms with Gasteiger partial charge >= 0.3 is 19.8 Å². The van der Waals surface area contributed by atoms with Crippen LogP contribution in [0.3, 0.4) is 0 Å². The van der Waals surface area contributed by atoms with E-state index in [9.17, 15) is 29.5 Å². The number of azide groups is 1. The number of aromatic nitrogens is 2. The summed E-state index contributed by atoms with van der Waals surface area (Å²) < 4.78 is 26.2. The van der Waals surface area contributed by atoms with E-state index in [1.54, 1.807) is 12.1 Å². The molecular formula is C22H27N6O10P. The van der Waals surface area contributed by atoms with Crippen molar-refractivity contribution < 1.29 is 38.6 Å². The number of rotatable bonds is 12. The molecule has 0 aliphatic carbocycles. The van der Waals surface area contributed by atoms with Crippen molar-refractivity contribution in [1.82, 2.24) is 9.55 Å². The molecule has 39 heavy (non-hydrogen) atoms. The highest BCUT2D eigenvalue weighted by Crippen LogP contribution is 2.40. The van der Waals surface area contributed by atoms with Crippen LogP contribution in [0, 0.1) is 0 Å². The number of hydrogen-bond acceptors (Lipinski definition) is 12. The number of ether oxygens (including phenoxy) is 3. The molecule has 17 heteroatoms. The number of nitrogens with zero attached hydrogens (tertiary/aromatic N) is 5. The number of nitrogens with one attached hydrogen (secondary N) is 1. The van der Waals surface area contributed by atoms with Gasteiger partial charge in [0.05, 0.1) is 6.61 Å². The summed E-state index contributed by atoms with van der Waals surface area (Å²) in [6.07, 6.45) is -2.62. The third kappa shape index (κ3) is 7.20. The molecule has 0 amide bonds. The Hall–Kier alpha value is -3.78. The van der Waals surface area contributed by atoms with Crippen LogP contribution in [0.4, 0.5) is 0 Å². The summed E-state index contributed by atoms with van der Waals surface area (Å²) in [4.78, 5) is 52.6. The number of para-hydroxylation sites is 2. The van der Waals surface area contributed by atoms with Gasteiger partial charge in [-0.1, -0.05) is 35.3 Å². The van der Waals surface area contributed by atoms with Crippen LogP contribution in [0.25, 0.3) is 10.4 Å². The zero-order chi connectivity index (χ0) is 28.6. The number of carbonyl (C=O) groups excluding carboxylic acids is 1. The van der Waals surface area contributed by atoms with Crippen molar-refractivity contribution in [3.63, 3.8) is 0 Å². The Morgan fingerprint density at radius 2 is 2.05 bits per heavy atom. The number of unbranched alkanes of at least 4 members (excludes halogenated alkanes) is 1. The van der Waals surface area contributed by atoms with E-state index in [2.05, 4.69) is 14.8 Å². The predicted octanol–water partition coefficient (Wildman–Crippen LogP) is 0.839. The van der Waals surface area contributed by atoms with Crippen molar-refractivity contribution in [1.29, 1.82) is 0 Å². The fourth-order valence-electron chi connectivity index (χ4n) is 3.49. The average molecular weight is 566 g/mol. The molecule has 1 unspecified atom stereocenters. The van der Waals surface area contributed by atoms with E-state index in [0.29, 0.717) is 6.42 Å². The Morgan fingerprint density at radius 3 is 2.72 bits per heavy atom. The third-order valence-electron chi connectivity index (χ3n) is 5.55. The van der Waals surface area contributed by atoms with Crippen LogP contribution < -0.4 is 25.4 Å². The van der Waals surface area contributed by atoms with Gasteiger partial charge in [-0.25, -0.2) is 9.59 Å². The molecule has 1 aliphatic rings. The van der Waals surface area contributed by atoms with Crippen molar-refractivity contribution >= 4 is 14.1 Å². The van der Waals surface area contributed by atoms with Crippen molar-refractivity contribution in [2.75, 3.05) is 13.2 Å². The van der Waals surface area contributed by atoms with Gasteiger partial charge in [0.2, 0.25) is 11.5 Å². The molecule has 1 fully saturated rings. The molecule has 2 heterocycles. The minimum absolute atomic E-state index is 0.0308. The van der Waals surface area contributed by atoms with Gasteiger partial charge in [-0.2, -0.15) is 0 Å². The normalized spacial score (nSPS) is 23.5. The van der Waals surface area contributed by atoms with Crippen LogP contribution in [-0.2, 0) is 14.3 Å². The summed E-state index contributed by atoms with van der Waals surface area (Å²) in [7, 11) is -2.74. The lowest BCUT2D eigenvalue weighted by molar-refractivity contribution is -0.169. The molecule has 1 aromatic carbocycles. The van der Waals surface area contributed by atoms with Crippen LogP contribution >= 0.6 is 8.17 Å². The van der Waals surface area contributed by atoms with Crippen LogP contribution in [-0.4, -0.2) is 62.9 Å². The lowest BCUT2D eigenvalue weighted by Crippen LogP contribution is -2.46. The van der Waals surface area contributed by atoms with E-state index >= 15 is 0 Å². The van der Waals surface area contributed by atoms with E-state index in [1.165, 1.54) is 19.1 Å². The zero-order valence-electron chi connectivity index (χ0n) is 20.9. The van der Waals surface area contributed by atoms with Crippen molar-refractivity contribution in [2.24, 2.45) is 9.86 Å². The Labute approximate surface area is 222 Å². The third-order valence-corrected chi connectivity index (χ3v) is 6.44. The first kappa shape index (κ1) is 29.8. The Balaban J connectivity index is 1.77. The van der Waals surface area contributed by atoms with Crippen LogP contribution in [0.1, 0.15) is 32.9 Å². The highest BCUT2D eigenvalue weighted by Gasteiger charge is 2.56. The monoisotopic (exact) mass is 566 g/mol. The molecule has 0 bridgehead atoms. The van der Waals surface area contributed by atoms with Gasteiger partial charge in [0.25, 0.3) is 5.56 Å². The Bertz CT molecular complexity index is 1360. The maximum atomic E-state index is 12.5. The van der Waals surface area contributed by atoms with E-state index in [1.807, 2.05) is 11.9 Å². The molecule has 16 nitrogen and oxygen atoms in total. The molecule has 2 aromatic rings. The summed E-state index contributed by atoms with van der Waals surface area (Å²) in [5, 5.41) is 24.7. The van der Waals surface area contributed by atoms with Gasteiger partial charge in [0.1, 0.15) is 18.8 Å². The molecule has 3 N–H and O–H groups in total. The molecule has 210 valence electrons. The summed E-state index contributed by atoms with van der Waals surface area (Å²) in [6, 6.07) is 5.84. The summed E-state index contributed by atoms with van der Waals surface area (Å²) in [6.45, 7) is 2.88. The average Bonchev–Trinajstić information content (AvgIpc) is 3.13. The number of hydrogen-bond donors (Lipinski definition) is 3. The zero-order valence-corrected chi connectivity index (χ0v) is 21.8. The SMILES string of the molecule is CCCCOC(=O)[C@H](C)N=[P+]([O-])Oc1ccccc1OC[C@@]1(N=[N+]=[N-])O[C@@H](n2ccc(=O)[nH]c2=O)[C@H](O)[C@@H]1O. The number of esters is 1. The van der Waals surface area contributed by atoms with Crippen LogP contribution in [0.15, 0.2) is 56.0 Å². The largest absolute Gasteiger partial charge is 0.575 e. The maximum Gasteiger partial charge on any atom is 0.395 e. The molecule has 0 spiro atoms. The minimum atomic E-state index is -2.74. The number of aliphatic hydroxyl groups is 2. The first-order valence-corrected chi connectivity index (χ1v) is 12.9. The lowest BCUT2D eigenvalue weighted by atomic mass is 10.1. The fraction of sp³-hybridized carbons (Fsp3) is 0.500. The summed E-state index contributed by atoms with van der Waals surface area (Å²) >= 11 is 0. The van der Waals surface area contributed by atoms with Crippen molar-refractivity contribution in [2.45, 2.75) is 56.9 Å². The highest BCUT2D eigenvalue weighted by atomic mass is 31.1. The second kappa shape index (κ2) is 13.3. The molecular weight excluding hydrogens is 539 g/mol. The standard InChI is InChI=1S/C22H27N6O10P/c1-3-4-11-35-20(32)13(2)25-39(34)38-15-8-6-5-7-14(15)36-12-22(26-27-23)18(31)17(30)19(37-22)28-10-9-16(29)24-21(28)33/h5-10,13,17-19,30-31H,3-4,11-12H2,1-2H3,(H,24,29,33)/t13-,17+,18-,19+,22+/m0/s1. The van der Waals surface area contributed by atoms with E-state index in [4.69, 9.17) is 24.3 Å². The highest BCUT2D eigenvalue weighted by molar-refractivity contribution is 7.34. The van der Waals surface area contributed by atoms with Gasteiger partial charge in [-0.3, -0.25) is 18.9 Å². The second-order valence-corrected chi connectivity index (χ2v) is 9.26. The first-order valence-electron chi connectivity index (χ1n) is 11.8. The lowest BCUT2D eigenvalue weighted by Gasteiger charge is -2.26. The fourth-order valence-corrected chi connectivity index (χ4v) is 4.23. The van der Waals surface area contributed by atoms with E-state index in [0.717, 1.165) is 23.3 Å². The minimum Gasteiger partial charge on any atom is -0.575 e. The quantitative estimate of drug-likeness (QED) is 0.0817. The first-order chi connectivity index (χ1) is 18.6. The number of aromatic amines is 1. The number of benzene rings is 1. The predicted molar refractivity (Wildman–Crippen MR) is 133 cm³/mol. The molecule has 1 saturated heterocycles. The molecule has 0 radical (unpaired) electrons. The number of H-pyrrole nitrogens is 1. The molecule has 0 saturated carbocycles. The smallest absolute Gasteiger partial charge is 0.395 e. The van der Waals surface area contributed by atoms with Crippen molar-refractivity contribution in [3.8, 4) is 11.5 Å². The molecule has 6 atom stereocenters. The van der Waals surface area contributed by atoms with Gasteiger partial charge in [-0.15, -0.1) is 0 Å². The van der Waals surface area contributed by atoms with E-state index in [-0.39, 0.29) is 18.1 Å². The molecule has 1 aliphatic heterocycles. The van der Waals surface area contributed by atoms with Crippen LogP contribution in [0.5, 0.6) is 11.5 Å². The number of carbonyl (C=O) groups is 1. The molecule has 3 rings (SSSR count). The molecule has 1 aromatic heterocycles. The van der Waals surface area contributed by atoms with Gasteiger partial charge < -0.3 is 29.3 Å². The second-order valence-electron chi connectivity index (χ2n) is 8.37. The van der Waals surface area contributed by atoms with Crippen LogP contribution in [0.2, 0.25) is 0 Å². The van der Waals surface area contributed by atoms with E-state index < -0.39 is 62.2 Å². The number of aliphatic hydroxyl groups excluding tert-OH is 2. The summed E-state index contributed by atoms with van der Waals surface area (Å²) in [5.74, 6) is -0.749.